The molecule has 0 aliphatic heterocycles. The predicted octanol–water partition coefficient (Wildman–Crippen LogP) is 5.38. The van der Waals surface area contributed by atoms with Gasteiger partial charge in [0.25, 0.3) is 0 Å². The SMILES string of the molecule is Cc1cc(Br)c(NC2CCc3ccccc3C2)cc1Cl. The Morgan fingerprint density at radius 1 is 1.20 bits per heavy atom. The number of anilines is 1. The highest BCUT2D eigenvalue weighted by Gasteiger charge is 2.18. The monoisotopic (exact) mass is 349 g/mol. The lowest BCUT2D eigenvalue weighted by Gasteiger charge is -2.27. The van der Waals surface area contributed by atoms with E-state index in [0.29, 0.717) is 6.04 Å². The summed E-state index contributed by atoms with van der Waals surface area (Å²) >= 11 is 9.84. The molecule has 0 fully saturated rings. The molecule has 0 spiro atoms. The van der Waals surface area contributed by atoms with E-state index in [4.69, 9.17) is 11.6 Å². The van der Waals surface area contributed by atoms with Gasteiger partial charge in [-0.05, 0) is 70.9 Å². The molecule has 0 saturated carbocycles. The Morgan fingerprint density at radius 2 is 1.95 bits per heavy atom. The van der Waals surface area contributed by atoms with E-state index in [-0.39, 0.29) is 0 Å². The van der Waals surface area contributed by atoms with Crippen LogP contribution < -0.4 is 5.32 Å². The molecule has 3 heteroatoms. The van der Waals surface area contributed by atoms with Crippen LogP contribution in [0.5, 0.6) is 0 Å². The Balaban J connectivity index is 1.78. The summed E-state index contributed by atoms with van der Waals surface area (Å²) < 4.78 is 1.08. The zero-order valence-corrected chi connectivity index (χ0v) is 13.8. The van der Waals surface area contributed by atoms with Crippen molar-refractivity contribution in [3.8, 4) is 0 Å². The van der Waals surface area contributed by atoms with Gasteiger partial charge in [-0.2, -0.15) is 0 Å². The van der Waals surface area contributed by atoms with Crippen molar-refractivity contribution < 1.29 is 0 Å². The van der Waals surface area contributed by atoms with Gasteiger partial charge in [0.15, 0.2) is 0 Å². The first kappa shape index (κ1) is 14.0. The molecule has 0 saturated heterocycles. The molecule has 2 aromatic rings. The number of hydrogen-bond donors (Lipinski definition) is 1. The first-order valence-electron chi connectivity index (χ1n) is 6.92. The van der Waals surface area contributed by atoms with E-state index < -0.39 is 0 Å². The third kappa shape index (κ3) is 2.87. The Morgan fingerprint density at radius 3 is 2.75 bits per heavy atom. The maximum absolute atomic E-state index is 6.22. The minimum Gasteiger partial charge on any atom is -0.381 e. The van der Waals surface area contributed by atoms with Crippen LogP contribution in [0.25, 0.3) is 0 Å². The van der Waals surface area contributed by atoms with Crippen LogP contribution in [0.1, 0.15) is 23.1 Å². The highest BCUT2D eigenvalue weighted by Crippen LogP contribution is 2.31. The smallest absolute Gasteiger partial charge is 0.0502 e. The van der Waals surface area contributed by atoms with E-state index in [1.165, 1.54) is 11.1 Å². The minimum atomic E-state index is 0.472. The van der Waals surface area contributed by atoms with Crippen molar-refractivity contribution in [3.05, 3.63) is 62.6 Å². The summed E-state index contributed by atoms with van der Waals surface area (Å²) in [4.78, 5) is 0. The van der Waals surface area contributed by atoms with Gasteiger partial charge in [0, 0.05) is 15.5 Å². The van der Waals surface area contributed by atoms with Crippen LogP contribution in [0.2, 0.25) is 5.02 Å². The van der Waals surface area contributed by atoms with Crippen molar-refractivity contribution in [1.82, 2.24) is 0 Å². The average Bonchev–Trinajstić information content (AvgIpc) is 2.44. The summed E-state index contributed by atoms with van der Waals surface area (Å²) in [6.45, 7) is 2.02. The lowest BCUT2D eigenvalue weighted by atomic mass is 9.88. The molecule has 1 N–H and O–H groups in total. The molecule has 2 aromatic carbocycles. The van der Waals surface area contributed by atoms with Gasteiger partial charge in [-0.3, -0.25) is 0 Å². The lowest BCUT2D eigenvalue weighted by Crippen LogP contribution is -2.27. The van der Waals surface area contributed by atoms with Crippen LogP contribution in [0, 0.1) is 6.92 Å². The van der Waals surface area contributed by atoms with E-state index in [1.807, 2.05) is 13.0 Å². The van der Waals surface area contributed by atoms with Crippen LogP contribution in [-0.4, -0.2) is 6.04 Å². The molecular weight excluding hydrogens is 334 g/mol. The van der Waals surface area contributed by atoms with Gasteiger partial charge in [-0.15, -0.1) is 0 Å². The van der Waals surface area contributed by atoms with Crippen LogP contribution in [-0.2, 0) is 12.8 Å². The van der Waals surface area contributed by atoms with E-state index in [0.717, 1.165) is 40.0 Å². The maximum Gasteiger partial charge on any atom is 0.0502 e. The fourth-order valence-corrected chi connectivity index (χ4v) is 3.53. The van der Waals surface area contributed by atoms with Gasteiger partial charge in [0.1, 0.15) is 0 Å². The number of fused-ring (bicyclic) bond motifs is 1. The average molecular weight is 351 g/mol. The number of rotatable bonds is 2. The molecule has 1 nitrogen and oxygen atoms in total. The van der Waals surface area contributed by atoms with Crippen molar-refractivity contribution >= 4 is 33.2 Å². The molecule has 0 amide bonds. The second-order valence-corrected chi connectivity index (χ2v) is 6.70. The van der Waals surface area contributed by atoms with E-state index in [1.54, 1.807) is 0 Å². The van der Waals surface area contributed by atoms with Gasteiger partial charge < -0.3 is 5.32 Å². The highest BCUT2D eigenvalue weighted by atomic mass is 79.9. The summed E-state index contributed by atoms with van der Waals surface area (Å²) in [6, 6.07) is 13.3. The topological polar surface area (TPSA) is 12.0 Å². The molecule has 0 aromatic heterocycles. The Kier molecular flexibility index (Phi) is 4.04. The standard InChI is InChI=1S/C17H17BrClN/c1-11-8-15(18)17(10-16(11)19)20-14-7-6-12-4-2-3-5-13(12)9-14/h2-5,8,10,14,20H,6-7,9H2,1H3. The van der Waals surface area contributed by atoms with E-state index in [9.17, 15) is 0 Å². The number of nitrogens with one attached hydrogen (secondary N) is 1. The molecule has 0 heterocycles. The third-order valence-electron chi connectivity index (χ3n) is 3.95. The lowest BCUT2D eigenvalue weighted by molar-refractivity contribution is 0.610. The molecule has 1 unspecified atom stereocenters. The molecule has 3 rings (SSSR count). The van der Waals surface area contributed by atoms with Gasteiger partial charge in [-0.25, -0.2) is 0 Å². The van der Waals surface area contributed by atoms with E-state index in [2.05, 4.69) is 51.6 Å². The summed E-state index contributed by atoms with van der Waals surface area (Å²) in [5, 5.41) is 4.44. The van der Waals surface area contributed by atoms with Crippen molar-refractivity contribution in [1.29, 1.82) is 0 Å². The fourth-order valence-electron chi connectivity index (χ4n) is 2.80. The Labute approximate surface area is 133 Å². The summed E-state index contributed by atoms with van der Waals surface area (Å²) in [6.07, 6.45) is 3.38. The maximum atomic E-state index is 6.22. The molecule has 104 valence electrons. The quantitative estimate of drug-likeness (QED) is 0.766. The Hall–Kier alpha value is -0.990. The van der Waals surface area contributed by atoms with Gasteiger partial charge in [0.05, 0.1) is 5.69 Å². The number of aryl methyl sites for hydroxylation is 2. The summed E-state index contributed by atoms with van der Waals surface area (Å²) in [5.41, 5.74) is 5.14. The van der Waals surface area contributed by atoms with Crippen LogP contribution in [0.4, 0.5) is 5.69 Å². The van der Waals surface area contributed by atoms with Crippen LogP contribution in [0.3, 0.4) is 0 Å². The van der Waals surface area contributed by atoms with Crippen molar-refractivity contribution in [3.63, 3.8) is 0 Å². The normalized spacial score (nSPS) is 17.6. The van der Waals surface area contributed by atoms with Crippen molar-refractivity contribution in [2.45, 2.75) is 32.2 Å². The van der Waals surface area contributed by atoms with Gasteiger partial charge >= 0.3 is 0 Å². The molecule has 1 aliphatic rings. The Bertz CT molecular complexity index is 639. The number of halogens is 2. The highest BCUT2D eigenvalue weighted by molar-refractivity contribution is 9.10. The first-order valence-corrected chi connectivity index (χ1v) is 8.09. The molecule has 1 atom stereocenters. The van der Waals surface area contributed by atoms with E-state index >= 15 is 0 Å². The van der Waals surface area contributed by atoms with Crippen LogP contribution in [0.15, 0.2) is 40.9 Å². The number of benzene rings is 2. The van der Waals surface area contributed by atoms with Gasteiger partial charge in [0.2, 0.25) is 0 Å². The molecule has 0 radical (unpaired) electrons. The molecule has 20 heavy (non-hydrogen) atoms. The zero-order valence-electron chi connectivity index (χ0n) is 11.4. The molecular formula is C17H17BrClN. The molecule has 0 bridgehead atoms. The minimum absolute atomic E-state index is 0.472. The largest absolute Gasteiger partial charge is 0.381 e. The zero-order chi connectivity index (χ0) is 14.1. The summed E-state index contributed by atoms with van der Waals surface area (Å²) in [7, 11) is 0. The van der Waals surface area contributed by atoms with Gasteiger partial charge in [-0.1, -0.05) is 35.9 Å². The second-order valence-electron chi connectivity index (χ2n) is 5.43. The third-order valence-corrected chi connectivity index (χ3v) is 5.02. The number of hydrogen-bond acceptors (Lipinski definition) is 1. The van der Waals surface area contributed by atoms with Crippen LogP contribution >= 0.6 is 27.5 Å². The second kappa shape index (κ2) is 5.79. The fraction of sp³-hybridized carbons (Fsp3) is 0.294. The van der Waals surface area contributed by atoms with Crippen molar-refractivity contribution in [2.75, 3.05) is 5.32 Å². The first-order chi connectivity index (χ1) is 9.63. The summed E-state index contributed by atoms with van der Waals surface area (Å²) in [5.74, 6) is 0. The molecule has 1 aliphatic carbocycles. The predicted molar refractivity (Wildman–Crippen MR) is 89.8 cm³/mol. The van der Waals surface area contributed by atoms with Crippen molar-refractivity contribution in [2.24, 2.45) is 0 Å².